The number of para-hydroxylation sites is 1. The fourth-order valence-electron chi connectivity index (χ4n) is 1.30. The number of hydrogen-bond donors (Lipinski definition) is 2. The van der Waals surface area contributed by atoms with Crippen LogP contribution in [-0.2, 0) is 4.79 Å². The number of ether oxygens (including phenoxy) is 1. The van der Waals surface area contributed by atoms with Crippen molar-refractivity contribution in [2.45, 2.75) is 20.0 Å². The third-order valence-corrected chi connectivity index (χ3v) is 2.45. The second-order valence-electron chi connectivity index (χ2n) is 4.12. The van der Waals surface area contributed by atoms with Gasteiger partial charge in [-0.05, 0) is 19.1 Å². The quantitative estimate of drug-likeness (QED) is 0.827. The van der Waals surface area contributed by atoms with Gasteiger partial charge in [-0.2, -0.15) is 0 Å². The van der Waals surface area contributed by atoms with E-state index in [0.29, 0.717) is 13.1 Å². The highest BCUT2D eigenvalue weighted by Crippen LogP contribution is 2.10. The van der Waals surface area contributed by atoms with E-state index in [1.54, 1.807) is 6.92 Å². The highest BCUT2D eigenvalue weighted by atomic mass is 35.5. The predicted octanol–water partition coefficient (Wildman–Crippen LogP) is 1.59. The Morgan fingerprint density at radius 2 is 1.94 bits per heavy atom. The second kappa shape index (κ2) is 8.78. The summed E-state index contributed by atoms with van der Waals surface area (Å²) in [6, 6.07) is 9.54. The van der Waals surface area contributed by atoms with Gasteiger partial charge in [0.25, 0.3) is 0 Å². The van der Waals surface area contributed by atoms with Gasteiger partial charge in [-0.1, -0.05) is 25.1 Å². The van der Waals surface area contributed by atoms with Gasteiger partial charge in [-0.15, -0.1) is 12.4 Å². The summed E-state index contributed by atoms with van der Waals surface area (Å²) in [5, 5.41) is 2.81. The summed E-state index contributed by atoms with van der Waals surface area (Å²) >= 11 is 0. The largest absolute Gasteiger partial charge is 0.489 e. The highest BCUT2D eigenvalue weighted by molar-refractivity contribution is 5.85. The molecule has 1 aromatic carbocycles. The summed E-state index contributed by atoms with van der Waals surface area (Å²) in [5.74, 6) is 0.621. The van der Waals surface area contributed by atoms with Crippen LogP contribution in [0.2, 0.25) is 0 Å². The lowest BCUT2D eigenvalue weighted by atomic mass is 10.1. The molecule has 1 amide bonds. The lowest BCUT2D eigenvalue weighted by Crippen LogP contribution is -2.38. The average Bonchev–Trinajstić information content (AvgIpc) is 2.36. The first-order chi connectivity index (χ1) is 8.13. The monoisotopic (exact) mass is 272 g/mol. The van der Waals surface area contributed by atoms with E-state index in [1.165, 1.54) is 0 Å². The van der Waals surface area contributed by atoms with Gasteiger partial charge in [0.2, 0.25) is 5.91 Å². The summed E-state index contributed by atoms with van der Waals surface area (Å²) in [6.07, 6.45) is -0.0636. The molecule has 4 nitrogen and oxygen atoms in total. The Kier molecular flexibility index (Phi) is 8.16. The van der Waals surface area contributed by atoms with E-state index in [9.17, 15) is 4.79 Å². The fraction of sp³-hybridized carbons (Fsp3) is 0.462. The zero-order valence-corrected chi connectivity index (χ0v) is 11.6. The minimum absolute atomic E-state index is 0. The van der Waals surface area contributed by atoms with Crippen molar-refractivity contribution in [3.8, 4) is 5.75 Å². The second-order valence-corrected chi connectivity index (χ2v) is 4.12. The maximum atomic E-state index is 11.5. The van der Waals surface area contributed by atoms with Crippen LogP contribution in [0.1, 0.15) is 13.8 Å². The third kappa shape index (κ3) is 5.89. The van der Waals surface area contributed by atoms with E-state index >= 15 is 0 Å². The van der Waals surface area contributed by atoms with Crippen LogP contribution in [0.4, 0.5) is 0 Å². The number of rotatable bonds is 6. The summed E-state index contributed by atoms with van der Waals surface area (Å²) in [5.41, 5.74) is 5.41. The molecule has 102 valence electrons. The molecule has 0 aliphatic rings. The van der Waals surface area contributed by atoms with Crippen molar-refractivity contribution >= 4 is 18.3 Å². The standard InChI is InChI=1S/C13H20N2O2.ClH/c1-10(8-14)13(16)15-9-11(2)17-12-6-4-3-5-7-12;/h3-7,10-11H,8-9,14H2,1-2H3,(H,15,16);1H. The number of hydrogen-bond acceptors (Lipinski definition) is 3. The van der Waals surface area contributed by atoms with Gasteiger partial charge >= 0.3 is 0 Å². The molecule has 0 saturated heterocycles. The van der Waals surface area contributed by atoms with Crippen LogP contribution in [0.25, 0.3) is 0 Å². The highest BCUT2D eigenvalue weighted by Gasteiger charge is 2.12. The normalized spacial score (nSPS) is 13.1. The van der Waals surface area contributed by atoms with Crippen molar-refractivity contribution in [3.63, 3.8) is 0 Å². The number of carbonyl (C=O) groups is 1. The molecule has 0 spiro atoms. The summed E-state index contributed by atoms with van der Waals surface area (Å²) in [6.45, 7) is 4.57. The van der Waals surface area contributed by atoms with Crippen LogP contribution in [0.15, 0.2) is 30.3 Å². The molecular formula is C13H21ClN2O2. The van der Waals surface area contributed by atoms with Crippen LogP contribution in [0.3, 0.4) is 0 Å². The Balaban J connectivity index is 0.00000289. The maximum Gasteiger partial charge on any atom is 0.224 e. The van der Waals surface area contributed by atoms with E-state index in [2.05, 4.69) is 5.32 Å². The van der Waals surface area contributed by atoms with Crippen LogP contribution in [-0.4, -0.2) is 25.1 Å². The number of halogens is 1. The Labute approximate surface area is 114 Å². The summed E-state index contributed by atoms with van der Waals surface area (Å²) < 4.78 is 5.63. The van der Waals surface area contributed by atoms with Crippen molar-refractivity contribution in [1.82, 2.24) is 5.32 Å². The Hall–Kier alpha value is -1.26. The van der Waals surface area contributed by atoms with Crippen LogP contribution in [0.5, 0.6) is 5.75 Å². The molecular weight excluding hydrogens is 252 g/mol. The molecule has 2 unspecified atom stereocenters. The van der Waals surface area contributed by atoms with Gasteiger partial charge in [0.15, 0.2) is 0 Å². The number of nitrogens with two attached hydrogens (primary N) is 1. The number of nitrogens with one attached hydrogen (secondary N) is 1. The van der Waals surface area contributed by atoms with Gasteiger partial charge in [-0.25, -0.2) is 0 Å². The van der Waals surface area contributed by atoms with Gasteiger partial charge < -0.3 is 15.8 Å². The average molecular weight is 273 g/mol. The van der Waals surface area contributed by atoms with E-state index in [1.807, 2.05) is 37.3 Å². The third-order valence-electron chi connectivity index (χ3n) is 2.45. The molecule has 0 fully saturated rings. The lowest BCUT2D eigenvalue weighted by Gasteiger charge is -2.16. The van der Waals surface area contributed by atoms with Crippen LogP contribution in [0, 0.1) is 5.92 Å². The molecule has 0 saturated carbocycles. The predicted molar refractivity (Wildman–Crippen MR) is 75.0 cm³/mol. The SMILES string of the molecule is CC(CNC(=O)C(C)CN)Oc1ccccc1.Cl. The van der Waals surface area contributed by atoms with Gasteiger partial charge in [0, 0.05) is 12.5 Å². The molecule has 2 atom stereocenters. The van der Waals surface area contributed by atoms with Crippen molar-refractivity contribution in [2.75, 3.05) is 13.1 Å². The van der Waals surface area contributed by atoms with E-state index in [4.69, 9.17) is 10.5 Å². The molecule has 3 N–H and O–H groups in total. The van der Waals surface area contributed by atoms with E-state index in [-0.39, 0.29) is 30.3 Å². The first kappa shape index (κ1) is 16.7. The first-order valence-electron chi connectivity index (χ1n) is 5.83. The molecule has 0 aliphatic heterocycles. The van der Waals surface area contributed by atoms with Gasteiger partial charge in [0.1, 0.15) is 11.9 Å². The molecule has 1 rings (SSSR count). The first-order valence-corrected chi connectivity index (χ1v) is 5.83. The summed E-state index contributed by atoms with van der Waals surface area (Å²) in [4.78, 5) is 11.5. The van der Waals surface area contributed by atoms with E-state index < -0.39 is 0 Å². The molecule has 5 heteroatoms. The number of benzene rings is 1. The molecule has 0 aliphatic carbocycles. The zero-order valence-electron chi connectivity index (χ0n) is 10.8. The van der Waals surface area contributed by atoms with Crippen LogP contribution >= 0.6 is 12.4 Å². The molecule has 0 bridgehead atoms. The van der Waals surface area contributed by atoms with Crippen molar-refractivity contribution in [3.05, 3.63) is 30.3 Å². The smallest absolute Gasteiger partial charge is 0.224 e. The Bertz CT molecular complexity index is 346. The lowest BCUT2D eigenvalue weighted by molar-refractivity contribution is -0.124. The van der Waals surface area contributed by atoms with E-state index in [0.717, 1.165) is 5.75 Å². The van der Waals surface area contributed by atoms with Crippen molar-refractivity contribution in [2.24, 2.45) is 11.7 Å². The number of amides is 1. The molecule has 18 heavy (non-hydrogen) atoms. The molecule has 0 heterocycles. The molecule has 1 aromatic rings. The topological polar surface area (TPSA) is 64.4 Å². The minimum atomic E-state index is -0.154. The fourth-order valence-corrected chi connectivity index (χ4v) is 1.30. The van der Waals surface area contributed by atoms with Crippen LogP contribution < -0.4 is 15.8 Å². The minimum Gasteiger partial charge on any atom is -0.489 e. The Morgan fingerprint density at radius 1 is 1.33 bits per heavy atom. The number of carbonyl (C=O) groups excluding carboxylic acids is 1. The maximum absolute atomic E-state index is 11.5. The van der Waals surface area contributed by atoms with Crippen molar-refractivity contribution in [1.29, 1.82) is 0 Å². The van der Waals surface area contributed by atoms with Gasteiger partial charge in [0.05, 0.1) is 6.54 Å². The van der Waals surface area contributed by atoms with Crippen molar-refractivity contribution < 1.29 is 9.53 Å². The van der Waals surface area contributed by atoms with Gasteiger partial charge in [-0.3, -0.25) is 4.79 Å². The Morgan fingerprint density at radius 3 is 2.50 bits per heavy atom. The molecule has 0 radical (unpaired) electrons. The molecule has 0 aromatic heterocycles. The summed E-state index contributed by atoms with van der Waals surface area (Å²) in [7, 11) is 0. The zero-order chi connectivity index (χ0) is 12.7.